The second-order valence-corrected chi connectivity index (χ2v) is 5.24. The minimum Gasteiger partial charge on any atom is -0.496 e. The molecule has 1 aliphatic rings. The van der Waals surface area contributed by atoms with Crippen LogP contribution in [0, 0.1) is 30.6 Å². The van der Waals surface area contributed by atoms with Crippen LogP contribution in [0.4, 0.5) is 0 Å². The van der Waals surface area contributed by atoms with E-state index in [9.17, 15) is 5.26 Å². The number of benzene rings is 1. The van der Waals surface area contributed by atoms with Gasteiger partial charge in [0.1, 0.15) is 11.5 Å². The summed E-state index contributed by atoms with van der Waals surface area (Å²) in [5.74, 6) is 2.03. The van der Waals surface area contributed by atoms with Gasteiger partial charge in [-0.25, -0.2) is 0 Å². The van der Waals surface area contributed by atoms with Gasteiger partial charge in [-0.1, -0.05) is 0 Å². The van der Waals surface area contributed by atoms with Crippen LogP contribution in [0.2, 0.25) is 0 Å². The van der Waals surface area contributed by atoms with Crippen molar-refractivity contribution in [1.82, 2.24) is 0 Å². The molecule has 96 valence electrons. The van der Waals surface area contributed by atoms with E-state index in [0.29, 0.717) is 0 Å². The van der Waals surface area contributed by atoms with Gasteiger partial charge in [-0.15, -0.1) is 0 Å². The molecule has 0 heterocycles. The van der Waals surface area contributed by atoms with Crippen LogP contribution in [0.15, 0.2) is 6.07 Å². The molecule has 2 atom stereocenters. The van der Waals surface area contributed by atoms with Gasteiger partial charge < -0.3 is 9.47 Å². The van der Waals surface area contributed by atoms with Gasteiger partial charge in [0, 0.05) is 11.5 Å². The molecule has 0 saturated heterocycles. The predicted molar refractivity (Wildman–Crippen MR) is 70.1 cm³/mol. The molecular formula is C15H19NO2. The quantitative estimate of drug-likeness (QED) is 0.820. The summed E-state index contributed by atoms with van der Waals surface area (Å²) in [7, 11) is 3.36. The topological polar surface area (TPSA) is 42.2 Å². The summed E-state index contributed by atoms with van der Waals surface area (Å²) in [6.07, 6.45) is 0.894. The van der Waals surface area contributed by atoms with E-state index < -0.39 is 0 Å². The zero-order valence-corrected chi connectivity index (χ0v) is 11.6. The molecule has 0 aromatic heterocycles. The molecule has 1 aromatic carbocycles. The lowest BCUT2D eigenvalue weighted by atomic mass is 9.96. The average molecular weight is 245 g/mol. The second kappa shape index (κ2) is 4.20. The van der Waals surface area contributed by atoms with Crippen molar-refractivity contribution in [2.75, 3.05) is 14.2 Å². The van der Waals surface area contributed by atoms with Crippen LogP contribution in [0.3, 0.4) is 0 Å². The number of nitriles is 1. The van der Waals surface area contributed by atoms with Gasteiger partial charge >= 0.3 is 0 Å². The first-order valence-corrected chi connectivity index (χ1v) is 6.11. The van der Waals surface area contributed by atoms with Gasteiger partial charge in [0.15, 0.2) is 0 Å². The highest BCUT2D eigenvalue weighted by atomic mass is 16.5. The minimum atomic E-state index is -0.250. The Labute approximate surface area is 108 Å². The normalized spacial score (nSPS) is 25.4. The monoisotopic (exact) mass is 245 g/mol. The van der Waals surface area contributed by atoms with Crippen LogP contribution in [-0.2, 0) is 0 Å². The highest BCUT2D eigenvalue weighted by Gasteiger charge is 2.53. The van der Waals surface area contributed by atoms with Crippen LogP contribution < -0.4 is 9.47 Å². The Hall–Kier alpha value is -1.69. The van der Waals surface area contributed by atoms with Crippen molar-refractivity contribution < 1.29 is 9.47 Å². The van der Waals surface area contributed by atoms with E-state index in [0.717, 1.165) is 34.6 Å². The summed E-state index contributed by atoms with van der Waals surface area (Å²) in [6, 6.07) is 4.41. The first-order chi connectivity index (χ1) is 8.48. The number of methoxy groups -OCH3 is 2. The smallest absolute Gasteiger partial charge is 0.125 e. The lowest BCUT2D eigenvalue weighted by molar-refractivity contribution is 0.392. The Kier molecular flexibility index (Phi) is 2.98. The van der Waals surface area contributed by atoms with Gasteiger partial charge in [-0.3, -0.25) is 0 Å². The van der Waals surface area contributed by atoms with Crippen molar-refractivity contribution in [2.45, 2.75) is 33.1 Å². The first-order valence-electron chi connectivity index (χ1n) is 6.11. The Balaban J connectivity index is 2.55. The molecule has 1 aliphatic carbocycles. The average Bonchev–Trinajstić information content (AvgIpc) is 3.05. The van der Waals surface area contributed by atoms with Crippen LogP contribution >= 0.6 is 0 Å². The van der Waals surface area contributed by atoms with E-state index in [1.54, 1.807) is 14.2 Å². The molecule has 0 aliphatic heterocycles. The molecule has 0 N–H and O–H groups in total. The summed E-state index contributed by atoms with van der Waals surface area (Å²) in [5, 5.41) is 9.19. The molecule has 2 rings (SSSR count). The lowest BCUT2D eigenvalue weighted by Gasteiger charge is -2.17. The Morgan fingerprint density at radius 1 is 1.28 bits per heavy atom. The van der Waals surface area contributed by atoms with Crippen LogP contribution in [0.5, 0.6) is 11.5 Å². The molecule has 0 amide bonds. The largest absolute Gasteiger partial charge is 0.496 e. The van der Waals surface area contributed by atoms with Gasteiger partial charge in [-0.05, 0) is 44.4 Å². The van der Waals surface area contributed by atoms with E-state index >= 15 is 0 Å². The van der Waals surface area contributed by atoms with Gasteiger partial charge in [0.2, 0.25) is 0 Å². The SMILES string of the molecule is COc1cc(C2CC2(C)C#N)c(OC)c(C)c1C. The maximum absolute atomic E-state index is 9.19. The molecule has 0 radical (unpaired) electrons. The molecule has 1 aromatic rings. The van der Waals surface area contributed by atoms with Crippen LogP contribution in [0.25, 0.3) is 0 Å². The summed E-state index contributed by atoms with van der Waals surface area (Å²) in [6.45, 7) is 6.06. The van der Waals surface area contributed by atoms with E-state index in [1.165, 1.54) is 0 Å². The fourth-order valence-corrected chi connectivity index (χ4v) is 2.57. The molecule has 1 fully saturated rings. The maximum Gasteiger partial charge on any atom is 0.125 e. The summed E-state index contributed by atoms with van der Waals surface area (Å²) in [5.41, 5.74) is 3.04. The van der Waals surface area contributed by atoms with Crippen molar-refractivity contribution in [1.29, 1.82) is 5.26 Å². The fourth-order valence-electron chi connectivity index (χ4n) is 2.57. The number of ether oxygens (including phenoxy) is 2. The molecule has 3 heteroatoms. The Morgan fingerprint density at radius 3 is 2.39 bits per heavy atom. The van der Waals surface area contributed by atoms with Crippen LogP contribution in [0.1, 0.15) is 36.0 Å². The molecule has 2 unspecified atom stereocenters. The van der Waals surface area contributed by atoms with Gasteiger partial charge in [0.05, 0.1) is 25.7 Å². The molecule has 1 saturated carbocycles. The zero-order valence-electron chi connectivity index (χ0n) is 11.6. The third-order valence-electron chi connectivity index (χ3n) is 4.11. The van der Waals surface area contributed by atoms with E-state index in [-0.39, 0.29) is 11.3 Å². The summed E-state index contributed by atoms with van der Waals surface area (Å²) < 4.78 is 10.9. The predicted octanol–water partition coefficient (Wildman–Crippen LogP) is 3.34. The number of nitrogens with zero attached hydrogens (tertiary/aromatic N) is 1. The second-order valence-electron chi connectivity index (χ2n) is 5.24. The maximum atomic E-state index is 9.19. The molecule has 0 bridgehead atoms. The lowest BCUT2D eigenvalue weighted by Crippen LogP contribution is -2.01. The Morgan fingerprint density at radius 2 is 1.94 bits per heavy atom. The first kappa shape index (κ1) is 12.8. The highest BCUT2D eigenvalue weighted by molar-refractivity contribution is 5.56. The van der Waals surface area contributed by atoms with Crippen molar-refractivity contribution in [3.8, 4) is 17.6 Å². The third-order valence-corrected chi connectivity index (χ3v) is 4.11. The van der Waals surface area contributed by atoms with Crippen molar-refractivity contribution in [3.05, 3.63) is 22.8 Å². The summed E-state index contributed by atoms with van der Waals surface area (Å²) >= 11 is 0. The molecule has 0 spiro atoms. The van der Waals surface area contributed by atoms with Gasteiger partial charge in [-0.2, -0.15) is 5.26 Å². The van der Waals surface area contributed by atoms with Crippen molar-refractivity contribution in [2.24, 2.45) is 5.41 Å². The number of hydrogen-bond donors (Lipinski definition) is 0. The third kappa shape index (κ3) is 1.73. The summed E-state index contributed by atoms with van der Waals surface area (Å²) in [4.78, 5) is 0. The van der Waals surface area contributed by atoms with Gasteiger partial charge in [0.25, 0.3) is 0 Å². The fraction of sp³-hybridized carbons (Fsp3) is 0.533. The van der Waals surface area contributed by atoms with Crippen LogP contribution in [-0.4, -0.2) is 14.2 Å². The minimum absolute atomic E-state index is 0.250. The standard InChI is InChI=1S/C15H19NO2/c1-9-10(2)14(18-5)11(6-13(9)17-4)12-7-15(12,3)8-16/h6,12H,7H2,1-5H3. The number of rotatable bonds is 3. The molecule has 18 heavy (non-hydrogen) atoms. The number of hydrogen-bond acceptors (Lipinski definition) is 3. The van der Waals surface area contributed by atoms with E-state index in [2.05, 4.69) is 6.07 Å². The highest BCUT2D eigenvalue weighted by Crippen LogP contribution is 2.61. The zero-order chi connectivity index (χ0) is 13.5. The molecule has 3 nitrogen and oxygen atoms in total. The van der Waals surface area contributed by atoms with Crippen molar-refractivity contribution >= 4 is 0 Å². The molecular weight excluding hydrogens is 226 g/mol. The van der Waals surface area contributed by atoms with E-state index in [4.69, 9.17) is 9.47 Å². The Bertz CT molecular complexity index is 530. The van der Waals surface area contributed by atoms with Crippen molar-refractivity contribution in [3.63, 3.8) is 0 Å². The van der Waals surface area contributed by atoms with E-state index in [1.807, 2.05) is 26.8 Å².